The van der Waals surface area contributed by atoms with Crippen molar-refractivity contribution in [1.82, 2.24) is 9.55 Å². The molecule has 0 radical (unpaired) electrons. The quantitative estimate of drug-likeness (QED) is 0.834. The van der Waals surface area contributed by atoms with Gasteiger partial charge in [-0.15, -0.1) is 0 Å². The fourth-order valence-electron chi connectivity index (χ4n) is 2.76. The maximum absolute atomic E-state index is 6.35. The van der Waals surface area contributed by atoms with Crippen LogP contribution in [0.15, 0.2) is 12.4 Å². The van der Waals surface area contributed by atoms with Gasteiger partial charge in [-0.2, -0.15) is 0 Å². The Labute approximate surface area is 98.1 Å². The van der Waals surface area contributed by atoms with Crippen LogP contribution in [-0.2, 0) is 7.05 Å². The molecule has 0 aromatic carbocycles. The zero-order chi connectivity index (χ0) is 11.4. The van der Waals surface area contributed by atoms with E-state index in [1.807, 2.05) is 19.4 Å². The minimum atomic E-state index is 0.123. The van der Waals surface area contributed by atoms with E-state index >= 15 is 0 Å². The van der Waals surface area contributed by atoms with E-state index in [9.17, 15) is 0 Å². The number of imidazole rings is 1. The molecule has 0 saturated heterocycles. The molecular formula is C13H23N3. The molecule has 1 unspecified atom stereocenters. The number of hydrogen-bond donors (Lipinski definition) is 1. The average Bonchev–Trinajstić information content (AvgIpc) is 2.63. The van der Waals surface area contributed by atoms with Crippen LogP contribution < -0.4 is 5.73 Å². The normalized spacial score (nSPS) is 21.4. The first-order valence-corrected chi connectivity index (χ1v) is 6.52. The van der Waals surface area contributed by atoms with Gasteiger partial charge in [-0.1, -0.05) is 32.1 Å². The number of aryl methyl sites for hydroxylation is 1. The van der Waals surface area contributed by atoms with E-state index in [-0.39, 0.29) is 6.04 Å². The van der Waals surface area contributed by atoms with Gasteiger partial charge in [0.05, 0.1) is 6.04 Å². The van der Waals surface area contributed by atoms with Crippen LogP contribution >= 0.6 is 0 Å². The van der Waals surface area contributed by atoms with E-state index in [4.69, 9.17) is 5.73 Å². The molecule has 0 amide bonds. The highest BCUT2D eigenvalue weighted by atomic mass is 15.1. The van der Waals surface area contributed by atoms with Crippen LogP contribution in [0.3, 0.4) is 0 Å². The van der Waals surface area contributed by atoms with E-state index in [0.29, 0.717) is 5.92 Å². The Morgan fingerprint density at radius 2 is 1.88 bits per heavy atom. The van der Waals surface area contributed by atoms with Gasteiger partial charge in [-0.25, -0.2) is 4.98 Å². The van der Waals surface area contributed by atoms with Gasteiger partial charge in [0.1, 0.15) is 5.82 Å². The summed E-state index contributed by atoms with van der Waals surface area (Å²) in [5.74, 6) is 1.67. The van der Waals surface area contributed by atoms with E-state index in [1.54, 1.807) is 0 Å². The highest BCUT2D eigenvalue weighted by Crippen LogP contribution is 2.30. The Hall–Kier alpha value is -0.830. The molecule has 1 aromatic rings. The van der Waals surface area contributed by atoms with Gasteiger partial charge in [-0.05, 0) is 18.8 Å². The van der Waals surface area contributed by atoms with Crippen molar-refractivity contribution in [3.8, 4) is 0 Å². The Morgan fingerprint density at radius 3 is 2.44 bits per heavy atom. The third-order valence-electron chi connectivity index (χ3n) is 3.81. The summed E-state index contributed by atoms with van der Waals surface area (Å²) in [6.45, 7) is 0. The second-order valence-electron chi connectivity index (χ2n) is 5.03. The van der Waals surface area contributed by atoms with Gasteiger partial charge in [0, 0.05) is 19.4 Å². The monoisotopic (exact) mass is 221 g/mol. The number of nitrogens with two attached hydrogens (primary N) is 1. The number of aromatic nitrogens is 2. The van der Waals surface area contributed by atoms with Crippen molar-refractivity contribution in [2.24, 2.45) is 18.7 Å². The second kappa shape index (κ2) is 5.48. The summed E-state index contributed by atoms with van der Waals surface area (Å²) in [6, 6.07) is 0.123. The highest BCUT2D eigenvalue weighted by Gasteiger charge is 2.22. The molecule has 3 nitrogen and oxygen atoms in total. The fraction of sp³-hybridized carbons (Fsp3) is 0.769. The zero-order valence-electron chi connectivity index (χ0n) is 10.2. The predicted molar refractivity (Wildman–Crippen MR) is 65.9 cm³/mol. The van der Waals surface area contributed by atoms with Crippen LogP contribution in [0.1, 0.15) is 56.8 Å². The van der Waals surface area contributed by atoms with Gasteiger partial charge in [0.2, 0.25) is 0 Å². The number of hydrogen-bond acceptors (Lipinski definition) is 2. The van der Waals surface area contributed by atoms with Crippen molar-refractivity contribution in [1.29, 1.82) is 0 Å². The van der Waals surface area contributed by atoms with Crippen LogP contribution in [0.25, 0.3) is 0 Å². The van der Waals surface area contributed by atoms with Crippen molar-refractivity contribution < 1.29 is 0 Å². The minimum Gasteiger partial charge on any atom is -0.337 e. The van der Waals surface area contributed by atoms with Crippen molar-refractivity contribution >= 4 is 0 Å². The maximum Gasteiger partial charge on any atom is 0.125 e. The molecule has 3 heteroatoms. The van der Waals surface area contributed by atoms with Crippen molar-refractivity contribution in [3.05, 3.63) is 18.2 Å². The topological polar surface area (TPSA) is 43.8 Å². The van der Waals surface area contributed by atoms with Gasteiger partial charge in [0.15, 0.2) is 0 Å². The molecule has 2 N–H and O–H groups in total. The van der Waals surface area contributed by atoms with Crippen LogP contribution in [-0.4, -0.2) is 9.55 Å². The summed E-state index contributed by atoms with van der Waals surface area (Å²) in [6.07, 6.45) is 13.2. The first-order valence-electron chi connectivity index (χ1n) is 6.52. The Kier molecular flexibility index (Phi) is 3.99. The van der Waals surface area contributed by atoms with Gasteiger partial charge >= 0.3 is 0 Å². The van der Waals surface area contributed by atoms with Crippen molar-refractivity contribution in [2.75, 3.05) is 0 Å². The van der Waals surface area contributed by atoms with Crippen molar-refractivity contribution in [2.45, 2.75) is 51.0 Å². The van der Waals surface area contributed by atoms with E-state index in [2.05, 4.69) is 9.55 Å². The summed E-state index contributed by atoms with van der Waals surface area (Å²) in [5.41, 5.74) is 6.35. The Balaban J connectivity index is 2.02. The van der Waals surface area contributed by atoms with Crippen LogP contribution in [0, 0.1) is 5.92 Å². The molecule has 1 heterocycles. The molecule has 0 spiro atoms. The lowest BCUT2D eigenvalue weighted by Gasteiger charge is -2.25. The maximum atomic E-state index is 6.35. The van der Waals surface area contributed by atoms with Crippen LogP contribution in [0.2, 0.25) is 0 Å². The SMILES string of the molecule is Cn1ccnc1C(N)C1CCCCCCC1. The molecule has 1 aliphatic carbocycles. The first kappa shape index (κ1) is 11.6. The van der Waals surface area contributed by atoms with Gasteiger partial charge < -0.3 is 10.3 Å². The summed E-state index contributed by atoms with van der Waals surface area (Å²) < 4.78 is 2.06. The largest absolute Gasteiger partial charge is 0.337 e. The number of rotatable bonds is 2. The molecule has 1 aromatic heterocycles. The molecule has 16 heavy (non-hydrogen) atoms. The molecule has 1 saturated carbocycles. The standard InChI is InChI=1S/C13H23N3/c1-16-10-9-15-13(16)12(14)11-7-5-3-2-4-6-8-11/h9-12H,2-8,14H2,1H3. The van der Waals surface area contributed by atoms with Crippen LogP contribution in [0.5, 0.6) is 0 Å². The minimum absolute atomic E-state index is 0.123. The molecule has 1 aliphatic rings. The smallest absolute Gasteiger partial charge is 0.125 e. The summed E-state index contributed by atoms with van der Waals surface area (Å²) in [7, 11) is 2.03. The average molecular weight is 221 g/mol. The first-order chi connectivity index (χ1) is 7.79. The van der Waals surface area contributed by atoms with E-state index < -0.39 is 0 Å². The van der Waals surface area contributed by atoms with Gasteiger partial charge in [-0.3, -0.25) is 0 Å². The molecule has 2 rings (SSSR count). The fourth-order valence-corrected chi connectivity index (χ4v) is 2.76. The summed E-state index contributed by atoms with van der Waals surface area (Å²) in [5, 5.41) is 0. The zero-order valence-corrected chi connectivity index (χ0v) is 10.2. The predicted octanol–water partition coefficient (Wildman–Crippen LogP) is 2.78. The Morgan fingerprint density at radius 1 is 1.25 bits per heavy atom. The third-order valence-corrected chi connectivity index (χ3v) is 3.81. The molecule has 0 aliphatic heterocycles. The van der Waals surface area contributed by atoms with E-state index in [1.165, 1.54) is 44.9 Å². The van der Waals surface area contributed by atoms with E-state index in [0.717, 1.165) is 5.82 Å². The number of nitrogens with zero attached hydrogens (tertiary/aromatic N) is 2. The Bertz CT molecular complexity index is 311. The molecular weight excluding hydrogens is 198 g/mol. The molecule has 90 valence electrons. The summed E-state index contributed by atoms with van der Waals surface area (Å²) in [4.78, 5) is 4.38. The molecule has 0 bridgehead atoms. The highest BCUT2D eigenvalue weighted by molar-refractivity contribution is 4.99. The van der Waals surface area contributed by atoms with Crippen LogP contribution in [0.4, 0.5) is 0 Å². The van der Waals surface area contributed by atoms with Gasteiger partial charge in [0.25, 0.3) is 0 Å². The lowest BCUT2D eigenvalue weighted by atomic mass is 9.86. The molecule has 1 fully saturated rings. The summed E-state index contributed by atoms with van der Waals surface area (Å²) >= 11 is 0. The lowest BCUT2D eigenvalue weighted by Crippen LogP contribution is -2.25. The second-order valence-corrected chi connectivity index (χ2v) is 5.03. The molecule has 1 atom stereocenters. The third kappa shape index (κ3) is 2.64. The lowest BCUT2D eigenvalue weighted by molar-refractivity contribution is 0.316. The van der Waals surface area contributed by atoms with Crippen molar-refractivity contribution in [3.63, 3.8) is 0 Å².